The minimum Gasteiger partial charge on any atom is -0.356 e. The number of amides is 1. The highest BCUT2D eigenvalue weighted by atomic mass is 32.2. The molecule has 0 atom stereocenters. The quantitative estimate of drug-likeness (QED) is 0.826. The molecule has 0 heterocycles. The lowest BCUT2D eigenvalue weighted by atomic mass is 10.1. The lowest BCUT2D eigenvalue weighted by Gasteiger charge is -2.07. The van der Waals surface area contributed by atoms with Crippen LogP contribution >= 0.6 is 0 Å². The summed E-state index contributed by atoms with van der Waals surface area (Å²) in [5.74, 6) is -0.0888. The molecule has 0 aliphatic carbocycles. The van der Waals surface area contributed by atoms with Crippen LogP contribution in [0.15, 0.2) is 23.1 Å². The Morgan fingerprint density at radius 3 is 2.44 bits per heavy atom. The van der Waals surface area contributed by atoms with Crippen molar-refractivity contribution in [3.8, 4) is 0 Å². The fraction of sp³-hybridized carbons (Fsp3) is 0.462. The zero-order valence-corrected chi connectivity index (χ0v) is 11.8. The van der Waals surface area contributed by atoms with E-state index in [1.807, 2.05) is 19.9 Å². The molecule has 1 aromatic carbocycles. The second-order valence-corrected chi connectivity index (χ2v) is 6.51. The van der Waals surface area contributed by atoms with Crippen molar-refractivity contribution in [3.63, 3.8) is 0 Å². The molecule has 18 heavy (non-hydrogen) atoms. The van der Waals surface area contributed by atoms with Crippen LogP contribution in [0.5, 0.6) is 0 Å². The minimum absolute atomic E-state index is 0.0514. The molecule has 4 nitrogen and oxygen atoms in total. The Balaban J connectivity index is 2.68. The van der Waals surface area contributed by atoms with Crippen LogP contribution in [-0.2, 0) is 14.6 Å². The van der Waals surface area contributed by atoms with Gasteiger partial charge in [-0.25, -0.2) is 8.42 Å². The molecule has 0 bridgehead atoms. The van der Waals surface area contributed by atoms with Gasteiger partial charge in [-0.3, -0.25) is 4.79 Å². The number of hydrogen-bond donors (Lipinski definition) is 1. The van der Waals surface area contributed by atoms with E-state index in [0.717, 1.165) is 11.1 Å². The standard InChI is InChI=1S/C13H19NO3S/c1-10-5-6-13(9-11(10)2)18(16,17)8-4-7-14-12(3)15/h5-6,9H,4,7-8H2,1-3H3,(H,14,15). The van der Waals surface area contributed by atoms with Gasteiger partial charge >= 0.3 is 0 Å². The normalized spacial score (nSPS) is 11.3. The lowest BCUT2D eigenvalue weighted by molar-refractivity contribution is -0.118. The van der Waals surface area contributed by atoms with Gasteiger partial charge in [0.1, 0.15) is 0 Å². The van der Waals surface area contributed by atoms with Crippen LogP contribution in [0.1, 0.15) is 24.5 Å². The molecule has 0 spiro atoms. The molecule has 0 aliphatic heterocycles. The molecule has 5 heteroatoms. The predicted molar refractivity (Wildman–Crippen MR) is 71.3 cm³/mol. The molecular weight excluding hydrogens is 250 g/mol. The molecule has 1 aromatic rings. The number of rotatable bonds is 5. The smallest absolute Gasteiger partial charge is 0.216 e. The first kappa shape index (κ1) is 14.7. The first-order valence-corrected chi connectivity index (χ1v) is 7.52. The molecule has 0 unspecified atom stereocenters. The van der Waals surface area contributed by atoms with E-state index < -0.39 is 9.84 Å². The molecule has 0 saturated carbocycles. The molecule has 0 aliphatic rings. The molecule has 0 radical (unpaired) electrons. The number of carbonyl (C=O) groups excluding carboxylic acids is 1. The summed E-state index contributed by atoms with van der Waals surface area (Å²) in [7, 11) is -3.25. The van der Waals surface area contributed by atoms with Gasteiger partial charge in [0.05, 0.1) is 10.6 Å². The summed E-state index contributed by atoms with van der Waals surface area (Å²) >= 11 is 0. The van der Waals surface area contributed by atoms with E-state index in [1.54, 1.807) is 12.1 Å². The van der Waals surface area contributed by atoms with Crippen molar-refractivity contribution in [2.24, 2.45) is 0 Å². The van der Waals surface area contributed by atoms with Crippen LogP contribution in [0, 0.1) is 13.8 Å². The Hall–Kier alpha value is -1.36. The topological polar surface area (TPSA) is 63.2 Å². The van der Waals surface area contributed by atoms with E-state index in [1.165, 1.54) is 6.92 Å². The summed E-state index contributed by atoms with van der Waals surface area (Å²) in [6.45, 7) is 5.64. The summed E-state index contributed by atoms with van der Waals surface area (Å²) in [6, 6.07) is 5.15. The maximum atomic E-state index is 12.0. The van der Waals surface area contributed by atoms with Gasteiger partial charge in [-0.15, -0.1) is 0 Å². The molecule has 1 rings (SSSR count). The summed E-state index contributed by atoms with van der Waals surface area (Å²) < 4.78 is 24.1. The van der Waals surface area contributed by atoms with Crippen molar-refractivity contribution in [2.75, 3.05) is 12.3 Å². The zero-order valence-electron chi connectivity index (χ0n) is 11.0. The summed E-state index contributed by atoms with van der Waals surface area (Å²) in [5, 5.41) is 2.59. The average Bonchev–Trinajstić information content (AvgIpc) is 2.28. The Bertz CT molecular complexity index is 535. The highest BCUT2D eigenvalue weighted by Gasteiger charge is 2.14. The van der Waals surface area contributed by atoms with Crippen molar-refractivity contribution in [1.82, 2.24) is 5.32 Å². The van der Waals surface area contributed by atoms with Gasteiger partial charge in [-0.2, -0.15) is 0 Å². The fourth-order valence-electron chi connectivity index (χ4n) is 1.55. The third kappa shape index (κ3) is 4.14. The summed E-state index contributed by atoms with van der Waals surface area (Å²) in [4.78, 5) is 11.0. The maximum Gasteiger partial charge on any atom is 0.216 e. The van der Waals surface area contributed by atoms with Crippen molar-refractivity contribution in [2.45, 2.75) is 32.1 Å². The highest BCUT2D eigenvalue weighted by Crippen LogP contribution is 2.16. The van der Waals surface area contributed by atoms with Gasteiger partial charge < -0.3 is 5.32 Å². The first-order chi connectivity index (χ1) is 8.33. The number of hydrogen-bond acceptors (Lipinski definition) is 3. The molecule has 1 amide bonds. The van der Waals surface area contributed by atoms with Gasteiger partial charge in [0.2, 0.25) is 5.91 Å². The van der Waals surface area contributed by atoms with Gasteiger partial charge in [0, 0.05) is 13.5 Å². The number of sulfone groups is 1. The van der Waals surface area contributed by atoms with E-state index in [0.29, 0.717) is 17.9 Å². The number of carbonyl (C=O) groups is 1. The van der Waals surface area contributed by atoms with Gasteiger partial charge in [-0.1, -0.05) is 6.07 Å². The van der Waals surface area contributed by atoms with Crippen molar-refractivity contribution < 1.29 is 13.2 Å². The van der Waals surface area contributed by atoms with E-state index in [4.69, 9.17) is 0 Å². The first-order valence-electron chi connectivity index (χ1n) is 5.87. The largest absolute Gasteiger partial charge is 0.356 e. The molecule has 0 aromatic heterocycles. The highest BCUT2D eigenvalue weighted by molar-refractivity contribution is 7.91. The van der Waals surface area contributed by atoms with E-state index in [9.17, 15) is 13.2 Å². The van der Waals surface area contributed by atoms with Crippen molar-refractivity contribution >= 4 is 15.7 Å². The number of benzene rings is 1. The van der Waals surface area contributed by atoms with Crippen LogP contribution in [0.2, 0.25) is 0 Å². The third-order valence-corrected chi connectivity index (χ3v) is 4.60. The monoisotopic (exact) mass is 269 g/mol. The molecule has 1 N–H and O–H groups in total. The van der Waals surface area contributed by atoms with Crippen LogP contribution in [-0.4, -0.2) is 26.6 Å². The van der Waals surface area contributed by atoms with Gasteiger partial charge in [0.25, 0.3) is 0 Å². The second-order valence-electron chi connectivity index (χ2n) is 4.40. The van der Waals surface area contributed by atoms with Crippen LogP contribution in [0.25, 0.3) is 0 Å². The summed E-state index contributed by atoms with van der Waals surface area (Å²) in [6.07, 6.45) is 0.425. The number of aryl methyl sites for hydroxylation is 2. The molecule has 0 fully saturated rings. The van der Waals surface area contributed by atoms with E-state index in [2.05, 4.69) is 5.32 Å². The zero-order chi connectivity index (χ0) is 13.8. The van der Waals surface area contributed by atoms with Crippen molar-refractivity contribution in [3.05, 3.63) is 29.3 Å². The molecule has 0 saturated heterocycles. The molecular formula is C13H19NO3S. The second kappa shape index (κ2) is 6.00. The van der Waals surface area contributed by atoms with Crippen molar-refractivity contribution in [1.29, 1.82) is 0 Å². The van der Waals surface area contributed by atoms with E-state index >= 15 is 0 Å². The average molecular weight is 269 g/mol. The Labute approximate surface area is 108 Å². The molecule has 100 valence electrons. The van der Waals surface area contributed by atoms with Crippen LogP contribution in [0.3, 0.4) is 0 Å². The van der Waals surface area contributed by atoms with Gasteiger partial charge in [0.15, 0.2) is 9.84 Å². The van der Waals surface area contributed by atoms with Crippen LogP contribution in [0.4, 0.5) is 0 Å². The SMILES string of the molecule is CC(=O)NCCCS(=O)(=O)c1ccc(C)c(C)c1. The lowest BCUT2D eigenvalue weighted by Crippen LogP contribution is -2.23. The maximum absolute atomic E-state index is 12.0. The third-order valence-electron chi connectivity index (χ3n) is 2.80. The number of nitrogens with one attached hydrogen (secondary N) is 1. The Morgan fingerprint density at radius 2 is 1.89 bits per heavy atom. The minimum atomic E-state index is -3.25. The van der Waals surface area contributed by atoms with Gasteiger partial charge in [-0.05, 0) is 43.5 Å². The Morgan fingerprint density at radius 1 is 1.22 bits per heavy atom. The van der Waals surface area contributed by atoms with Crippen LogP contribution < -0.4 is 5.32 Å². The Kier molecular flexibility index (Phi) is 4.90. The fourth-order valence-corrected chi connectivity index (χ4v) is 2.94. The summed E-state index contributed by atoms with van der Waals surface area (Å²) in [5.41, 5.74) is 2.05. The predicted octanol–water partition coefficient (Wildman–Crippen LogP) is 1.60. The van der Waals surface area contributed by atoms with E-state index in [-0.39, 0.29) is 11.7 Å².